The molecule has 0 unspecified atom stereocenters. The smallest absolute Gasteiger partial charge is 0.263 e. The van der Waals surface area contributed by atoms with Crippen LogP contribution in [0.2, 0.25) is 0 Å². The van der Waals surface area contributed by atoms with Crippen molar-refractivity contribution < 1.29 is 8.78 Å². The van der Waals surface area contributed by atoms with E-state index in [1.807, 2.05) is 5.38 Å². The van der Waals surface area contributed by atoms with Crippen LogP contribution in [0.5, 0.6) is 0 Å². The van der Waals surface area contributed by atoms with Gasteiger partial charge in [0.1, 0.15) is 0 Å². The van der Waals surface area contributed by atoms with Crippen molar-refractivity contribution in [2.75, 3.05) is 0 Å². The minimum Gasteiger partial charge on any atom is -0.309 e. The first-order chi connectivity index (χ1) is 8.25. The average Bonchev–Trinajstić information content (AvgIpc) is 2.83. The van der Waals surface area contributed by atoms with E-state index in [0.29, 0.717) is 6.54 Å². The molecule has 1 heterocycles. The molecule has 1 aromatic heterocycles. The summed E-state index contributed by atoms with van der Waals surface area (Å²) in [4.78, 5) is 0. The van der Waals surface area contributed by atoms with Crippen molar-refractivity contribution in [2.45, 2.75) is 19.5 Å². The van der Waals surface area contributed by atoms with Gasteiger partial charge in [0, 0.05) is 18.7 Å². The molecule has 1 N–H and O–H groups in total. The summed E-state index contributed by atoms with van der Waals surface area (Å²) in [5.74, 6) is 0. The van der Waals surface area contributed by atoms with Crippen molar-refractivity contribution in [2.24, 2.45) is 0 Å². The summed E-state index contributed by atoms with van der Waals surface area (Å²) in [7, 11) is 0. The van der Waals surface area contributed by atoms with E-state index in [1.54, 1.807) is 23.5 Å². The van der Waals surface area contributed by atoms with Crippen LogP contribution in [0.1, 0.15) is 23.1 Å². The molecule has 0 fully saturated rings. The number of rotatable bonds is 5. The SMILES string of the molecule is FC(F)c1ccc(CNCc2ccsc2)cc1. The van der Waals surface area contributed by atoms with Gasteiger partial charge in [0.2, 0.25) is 0 Å². The van der Waals surface area contributed by atoms with Gasteiger partial charge in [0.25, 0.3) is 6.43 Å². The van der Waals surface area contributed by atoms with Crippen LogP contribution in [0.15, 0.2) is 41.1 Å². The fraction of sp³-hybridized carbons (Fsp3) is 0.231. The molecule has 4 heteroatoms. The molecule has 0 atom stereocenters. The molecule has 0 spiro atoms. The van der Waals surface area contributed by atoms with Crippen molar-refractivity contribution in [1.82, 2.24) is 5.32 Å². The molecule has 17 heavy (non-hydrogen) atoms. The van der Waals surface area contributed by atoms with Gasteiger partial charge in [-0.1, -0.05) is 24.3 Å². The molecule has 1 aromatic carbocycles. The van der Waals surface area contributed by atoms with Gasteiger partial charge in [-0.05, 0) is 28.0 Å². The normalized spacial score (nSPS) is 11.0. The zero-order valence-electron chi connectivity index (χ0n) is 9.20. The van der Waals surface area contributed by atoms with E-state index in [-0.39, 0.29) is 5.56 Å². The van der Waals surface area contributed by atoms with Crippen molar-refractivity contribution in [1.29, 1.82) is 0 Å². The monoisotopic (exact) mass is 253 g/mol. The second-order valence-electron chi connectivity index (χ2n) is 3.78. The molecule has 0 aliphatic heterocycles. The predicted octanol–water partition coefficient (Wildman–Crippen LogP) is 3.98. The average molecular weight is 253 g/mol. The zero-order chi connectivity index (χ0) is 12.1. The number of hydrogen-bond acceptors (Lipinski definition) is 2. The van der Waals surface area contributed by atoms with Gasteiger partial charge in [-0.25, -0.2) is 8.78 Å². The Kier molecular flexibility index (Phi) is 4.23. The Morgan fingerprint density at radius 2 is 1.71 bits per heavy atom. The minimum absolute atomic E-state index is 0.0755. The van der Waals surface area contributed by atoms with Crippen LogP contribution < -0.4 is 5.32 Å². The maximum absolute atomic E-state index is 12.3. The highest BCUT2D eigenvalue weighted by atomic mass is 32.1. The van der Waals surface area contributed by atoms with Crippen LogP contribution in [-0.2, 0) is 13.1 Å². The Morgan fingerprint density at radius 3 is 2.29 bits per heavy atom. The first kappa shape index (κ1) is 12.2. The maximum Gasteiger partial charge on any atom is 0.263 e. The molecule has 0 bridgehead atoms. The summed E-state index contributed by atoms with van der Waals surface area (Å²) in [5.41, 5.74) is 2.34. The van der Waals surface area contributed by atoms with E-state index in [2.05, 4.69) is 16.8 Å². The fourth-order valence-electron chi connectivity index (χ4n) is 1.53. The zero-order valence-corrected chi connectivity index (χ0v) is 10.0. The predicted molar refractivity (Wildman–Crippen MR) is 66.3 cm³/mol. The number of thiophene rings is 1. The molecule has 0 radical (unpaired) electrons. The standard InChI is InChI=1S/C13H13F2NS/c14-13(15)12-3-1-10(2-4-12)7-16-8-11-5-6-17-9-11/h1-6,9,13,16H,7-8H2. The van der Waals surface area contributed by atoms with E-state index in [1.165, 1.54) is 17.7 Å². The third kappa shape index (κ3) is 3.61. The summed E-state index contributed by atoms with van der Waals surface area (Å²) in [6.07, 6.45) is -2.39. The third-order valence-corrected chi connectivity index (χ3v) is 3.20. The molecule has 0 amide bonds. The van der Waals surface area contributed by atoms with Gasteiger partial charge in [-0.15, -0.1) is 0 Å². The summed E-state index contributed by atoms with van der Waals surface area (Å²) in [6, 6.07) is 8.50. The third-order valence-electron chi connectivity index (χ3n) is 2.47. The molecular formula is C13H13F2NS. The number of alkyl halides is 2. The van der Waals surface area contributed by atoms with Crippen LogP contribution in [0, 0.1) is 0 Å². The van der Waals surface area contributed by atoms with E-state index >= 15 is 0 Å². The Hall–Kier alpha value is -1.26. The number of nitrogens with one attached hydrogen (secondary N) is 1. The lowest BCUT2D eigenvalue weighted by Gasteiger charge is -2.05. The highest BCUT2D eigenvalue weighted by Crippen LogP contribution is 2.18. The lowest BCUT2D eigenvalue weighted by molar-refractivity contribution is 0.151. The van der Waals surface area contributed by atoms with Gasteiger partial charge >= 0.3 is 0 Å². The van der Waals surface area contributed by atoms with Gasteiger partial charge in [-0.3, -0.25) is 0 Å². The minimum atomic E-state index is -2.39. The molecule has 90 valence electrons. The Balaban J connectivity index is 1.83. The first-order valence-corrected chi connectivity index (χ1v) is 6.29. The molecule has 0 aliphatic rings. The second kappa shape index (κ2) is 5.89. The quantitative estimate of drug-likeness (QED) is 0.850. The number of halogens is 2. The molecule has 2 aromatic rings. The number of benzene rings is 1. The molecule has 0 aliphatic carbocycles. The van der Waals surface area contributed by atoms with Crippen molar-refractivity contribution in [3.63, 3.8) is 0 Å². The van der Waals surface area contributed by atoms with E-state index in [9.17, 15) is 8.78 Å². The summed E-state index contributed by atoms with van der Waals surface area (Å²) < 4.78 is 24.6. The van der Waals surface area contributed by atoms with Crippen LogP contribution in [-0.4, -0.2) is 0 Å². The van der Waals surface area contributed by atoms with Gasteiger partial charge in [0.05, 0.1) is 0 Å². The highest BCUT2D eigenvalue weighted by Gasteiger charge is 2.05. The first-order valence-electron chi connectivity index (χ1n) is 5.34. The molecule has 0 saturated heterocycles. The van der Waals surface area contributed by atoms with Crippen molar-refractivity contribution in [3.05, 3.63) is 57.8 Å². The van der Waals surface area contributed by atoms with Crippen LogP contribution in [0.3, 0.4) is 0 Å². The summed E-state index contributed by atoms with van der Waals surface area (Å²) in [6.45, 7) is 1.50. The van der Waals surface area contributed by atoms with Crippen LogP contribution in [0.25, 0.3) is 0 Å². The molecule has 2 rings (SSSR count). The Labute approximate surface area is 103 Å². The second-order valence-corrected chi connectivity index (χ2v) is 4.56. The molecule has 1 nitrogen and oxygen atoms in total. The Bertz CT molecular complexity index is 437. The fourth-order valence-corrected chi connectivity index (χ4v) is 2.19. The summed E-state index contributed by atoms with van der Waals surface area (Å²) >= 11 is 1.67. The molecule has 0 saturated carbocycles. The van der Waals surface area contributed by atoms with Gasteiger partial charge < -0.3 is 5.32 Å². The van der Waals surface area contributed by atoms with Gasteiger partial charge in [-0.2, -0.15) is 11.3 Å². The van der Waals surface area contributed by atoms with Crippen LogP contribution in [0.4, 0.5) is 8.78 Å². The van der Waals surface area contributed by atoms with E-state index in [4.69, 9.17) is 0 Å². The van der Waals surface area contributed by atoms with Gasteiger partial charge in [0.15, 0.2) is 0 Å². The lowest BCUT2D eigenvalue weighted by atomic mass is 10.1. The topological polar surface area (TPSA) is 12.0 Å². The van der Waals surface area contributed by atoms with Crippen LogP contribution >= 0.6 is 11.3 Å². The largest absolute Gasteiger partial charge is 0.309 e. The number of hydrogen-bond donors (Lipinski definition) is 1. The van der Waals surface area contributed by atoms with E-state index in [0.717, 1.165) is 12.1 Å². The summed E-state index contributed by atoms with van der Waals surface area (Å²) in [5, 5.41) is 7.40. The van der Waals surface area contributed by atoms with Crippen molar-refractivity contribution >= 4 is 11.3 Å². The highest BCUT2D eigenvalue weighted by molar-refractivity contribution is 7.07. The maximum atomic E-state index is 12.3. The van der Waals surface area contributed by atoms with Crippen molar-refractivity contribution in [3.8, 4) is 0 Å². The Morgan fingerprint density at radius 1 is 1.00 bits per heavy atom. The lowest BCUT2D eigenvalue weighted by Crippen LogP contribution is -2.11. The van der Waals surface area contributed by atoms with E-state index < -0.39 is 6.43 Å². The molecular weight excluding hydrogens is 240 g/mol.